The van der Waals surface area contributed by atoms with Gasteiger partial charge in [0.1, 0.15) is 5.75 Å². The Labute approximate surface area is 162 Å². The van der Waals surface area contributed by atoms with E-state index in [1.165, 1.54) is 19.2 Å². The van der Waals surface area contributed by atoms with Crippen LogP contribution in [0.1, 0.15) is 18.5 Å². The molecule has 2 rings (SSSR count). The number of rotatable bonds is 7. The molecule has 0 bridgehead atoms. The molecule has 140 valence electrons. The maximum Gasteiger partial charge on any atom is 0.243 e. The Morgan fingerprint density at radius 1 is 1.19 bits per heavy atom. The monoisotopic (exact) mass is 440 g/mol. The van der Waals surface area contributed by atoms with E-state index in [4.69, 9.17) is 4.74 Å². The molecule has 0 aliphatic heterocycles. The Bertz CT molecular complexity index is 869. The number of sulfonamides is 1. The molecule has 0 heterocycles. The summed E-state index contributed by atoms with van der Waals surface area (Å²) in [6, 6.07) is 13.3. The van der Waals surface area contributed by atoms with Crippen LogP contribution in [0.25, 0.3) is 0 Å². The summed E-state index contributed by atoms with van der Waals surface area (Å²) in [6.07, 6.45) is 0. The molecule has 0 aromatic heterocycles. The predicted molar refractivity (Wildman–Crippen MR) is 104 cm³/mol. The molecule has 2 aromatic rings. The molecule has 0 aliphatic carbocycles. The lowest BCUT2D eigenvalue weighted by molar-refractivity contribution is -0.121. The van der Waals surface area contributed by atoms with Crippen molar-refractivity contribution >= 4 is 31.9 Å². The van der Waals surface area contributed by atoms with E-state index in [2.05, 4.69) is 21.2 Å². The highest BCUT2D eigenvalue weighted by atomic mass is 79.9. The first-order chi connectivity index (χ1) is 12.3. The number of nitrogens with zero attached hydrogens (tertiary/aromatic N) is 1. The van der Waals surface area contributed by atoms with Crippen LogP contribution < -0.4 is 10.1 Å². The first kappa shape index (κ1) is 20.4. The van der Waals surface area contributed by atoms with Gasteiger partial charge >= 0.3 is 0 Å². The van der Waals surface area contributed by atoms with Crippen LogP contribution in [0, 0.1) is 0 Å². The molecule has 0 unspecified atom stereocenters. The normalized spacial score (nSPS) is 12.7. The average Bonchev–Trinajstić information content (AvgIpc) is 2.61. The van der Waals surface area contributed by atoms with Crippen molar-refractivity contribution in [2.24, 2.45) is 0 Å². The standard InChI is InChI=1S/C18H21BrN2O4S/c1-13(16-6-4-5-7-17(16)25-3)20-18(22)12-21(2)26(23,24)15-10-8-14(19)9-11-15/h4-11,13H,12H2,1-3H3,(H,20,22)/t13-/m0/s1. The highest BCUT2D eigenvalue weighted by Gasteiger charge is 2.24. The van der Waals surface area contributed by atoms with Crippen molar-refractivity contribution in [3.63, 3.8) is 0 Å². The average molecular weight is 441 g/mol. The van der Waals surface area contributed by atoms with Gasteiger partial charge in [-0.2, -0.15) is 4.31 Å². The van der Waals surface area contributed by atoms with Crippen LogP contribution >= 0.6 is 15.9 Å². The summed E-state index contributed by atoms with van der Waals surface area (Å²) in [5.41, 5.74) is 0.821. The number of carbonyl (C=O) groups excluding carboxylic acids is 1. The minimum atomic E-state index is -3.74. The van der Waals surface area contributed by atoms with Gasteiger partial charge in [-0.25, -0.2) is 8.42 Å². The zero-order valence-electron chi connectivity index (χ0n) is 14.8. The van der Waals surface area contributed by atoms with Crippen LogP contribution in [-0.2, 0) is 14.8 Å². The molecular formula is C18H21BrN2O4S. The number of hydrogen-bond acceptors (Lipinski definition) is 4. The molecule has 0 fully saturated rings. The van der Waals surface area contributed by atoms with Gasteiger partial charge < -0.3 is 10.1 Å². The van der Waals surface area contributed by atoms with Crippen molar-refractivity contribution in [1.29, 1.82) is 0 Å². The number of para-hydroxylation sites is 1. The number of ether oxygens (including phenoxy) is 1. The zero-order valence-corrected chi connectivity index (χ0v) is 17.2. The Balaban J connectivity index is 2.05. The van der Waals surface area contributed by atoms with E-state index in [-0.39, 0.29) is 17.5 Å². The highest BCUT2D eigenvalue weighted by molar-refractivity contribution is 9.10. The van der Waals surface area contributed by atoms with Gasteiger partial charge in [0.25, 0.3) is 0 Å². The number of amides is 1. The second-order valence-electron chi connectivity index (χ2n) is 5.75. The summed E-state index contributed by atoms with van der Waals surface area (Å²) in [6.45, 7) is 1.54. The third-order valence-corrected chi connectivity index (χ3v) is 6.22. The van der Waals surface area contributed by atoms with Gasteiger partial charge in [0.2, 0.25) is 15.9 Å². The molecule has 8 heteroatoms. The lowest BCUT2D eigenvalue weighted by Crippen LogP contribution is -2.39. The molecule has 0 aliphatic rings. The highest BCUT2D eigenvalue weighted by Crippen LogP contribution is 2.24. The predicted octanol–water partition coefficient (Wildman–Crippen LogP) is 2.96. The Morgan fingerprint density at radius 3 is 2.42 bits per heavy atom. The van der Waals surface area contributed by atoms with E-state index in [0.29, 0.717) is 5.75 Å². The van der Waals surface area contributed by atoms with E-state index < -0.39 is 15.9 Å². The molecule has 0 saturated carbocycles. The van der Waals surface area contributed by atoms with Crippen molar-refractivity contribution in [2.45, 2.75) is 17.9 Å². The minimum Gasteiger partial charge on any atom is -0.496 e. The van der Waals surface area contributed by atoms with Crippen LogP contribution in [0.2, 0.25) is 0 Å². The van der Waals surface area contributed by atoms with Crippen LogP contribution in [0.5, 0.6) is 5.75 Å². The second-order valence-corrected chi connectivity index (χ2v) is 8.71. The number of likely N-dealkylation sites (N-methyl/N-ethyl adjacent to an activating group) is 1. The topological polar surface area (TPSA) is 75.7 Å². The summed E-state index contributed by atoms with van der Waals surface area (Å²) in [5, 5.41) is 2.80. The summed E-state index contributed by atoms with van der Waals surface area (Å²) >= 11 is 3.27. The summed E-state index contributed by atoms with van der Waals surface area (Å²) < 4.78 is 32.2. The molecule has 0 saturated heterocycles. The number of nitrogens with one attached hydrogen (secondary N) is 1. The molecule has 0 radical (unpaired) electrons. The quantitative estimate of drug-likeness (QED) is 0.717. The van der Waals surface area contributed by atoms with Crippen molar-refractivity contribution < 1.29 is 17.9 Å². The molecule has 2 aromatic carbocycles. The van der Waals surface area contributed by atoms with Gasteiger partial charge in [-0.1, -0.05) is 34.1 Å². The smallest absolute Gasteiger partial charge is 0.243 e. The fourth-order valence-electron chi connectivity index (χ4n) is 2.46. The van der Waals surface area contributed by atoms with E-state index in [1.54, 1.807) is 19.2 Å². The fourth-order valence-corrected chi connectivity index (χ4v) is 3.85. The third kappa shape index (κ3) is 4.84. The fraction of sp³-hybridized carbons (Fsp3) is 0.278. The van der Waals surface area contributed by atoms with E-state index in [1.807, 2.05) is 31.2 Å². The van der Waals surface area contributed by atoms with Crippen LogP contribution in [0.4, 0.5) is 0 Å². The van der Waals surface area contributed by atoms with Crippen LogP contribution in [-0.4, -0.2) is 39.3 Å². The summed E-state index contributed by atoms with van der Waals surface area (Å²) in [4.78, 5) is 12.4. The van der Waals surface area contributed by atoms with Crippen molar-refractivity contribution in [2.75, 3.05) is 20.7 Å². The van der Waals surface area contributed by atoms with Gasteiger partial charge in [-0.05, 0) is 37.3 Å². The number of hydrogen-bond donors (Lipinski definition) is 1. The molecule has 26 heavy (non-hydrogen) atoms. The molecule has 1 N–H and O–H groups in total. The van der Waals surface area contributed by atoms with Crippen molar-refractivity contribution in [1.82, 2.24) is 9.62 Å². The first-order valence-electron chi connectivity index (χ1n) is 7.90. The van der Waals surface area contributed by atoms with Gasteiger partial charge in [0.05, 0.1) is 24.6 Å². The van der Waals surface area contributed by atoms with E-state index in [0.717, 1.165) is 14.3 Å². The summed E-state index contributed by atoms with van der Waals surface area (Å²) in [5.74, 6) is 0.266. The zero-order chi connectivity index (χ0) is 19.3. The molecule has 1 atom stereocenters. The minimum absolute atomic E-state index is 0.133. The van der Waals surface area contributed by atoms with Crippen molar-refractivity contribution in [3.8, 4) is 5.75 Å². The number of benzene rings is 2. The van der Waals surface area contributed by atoms with Crippen LogP contribution in [0.3, 0.4) is 0 Å². The molecule has 6 nitrogen and oxygen atoms in total. The maximum absolute atomic E-state index is 12.5. The number of carbonyl (C=O) groups is 1. The van der Waals surface area contributed by atoms with Crippen LogP contribution in [0.15, 0.2) is 57.9 Å². The molecule has 0 spiro atoms. The van der Waals surface area contributed by atoms with E-state index >= 15 is 0 Å². The third-order valence-electron chi connectivity index (χ3n) is 3.87. The Hall–Kier alpha value is -1.90. The molecular weight excluding hydrogens is 420 g/mol. The molecule has 1 amide bonds. The van der Waals surface area contributed by atoms with Gasteiger partial charge in [0.15, 0.2) is 0 Å². The Kier molecular flexibility index (Phi) is 6.80. The maximum atomic E-state index is 12.5. The van der Waals surface area contributed by atoms with Gasteiger partial charge in [0, 0.05) is 17.1 Å². The number of methoxy groups -OCH3 is 1. The largest absolute Gasteiger partial charge is 0.496 e. The first-order valence-corrected chi connectivity index (χ1v) is 10.1. The van der Waals surface area contributed by atoms with Crippen molar-refractivity contribution in [3.05, 3.63) is 58.6 Å². The number of halogens is 1. The lowest BCUT2D eigenvalue weighted by Gasteiger charge is -2.20. The SMILES string of the molecule is COc1ccccc1[C@H](C)NC(=O)CN(C)S(=O)(=O)c1ccc(Br)cc1. The second kappa shape index (κ2) is 8.66. The van der Waals surface area contributed by atoms with Gasteiger partial charge in [-0.3, -0.25) is 4.79 Å². The Morgan fingerprint density at radius 2 is 1.81 bits per heavy atom. The lowest BCUT2D eigenvalue weighted by atomic mass is 10.1. The summed E-state index contributed by atoms with van der Waals surface area (Å²) in [7, 11) is -0.796. The van der Waals surface area contributed by atoms with Gasteiger partial charge in [-0.15, -0.1) is 0 Å². The van der Waals surface area contributed by atoms with E-state index in [9.17, 15) is 13.2 Å².